The summed E-state index contributed by atoms with van der Waals surface area (Å²) < 4.78 is 0. The minimum absolute atomic E-state index is 0.173. The molecule has 0 radical (unpaired) electrons. The first-order chi connectivity index (χ1) is 10.1. The Labute approximate surface area is 126 Å². The number of aromatic nitrogens is 1. The second-order valence-corrected chi connectivity index (χ2v) is 6.63. The first kappa shape index (κ1) is 14.5. The molecule has 1 saturated carbocycles. The van der Waals surface area contributed by atoms with Gasteiger partial charge in [0, 0.05) is 23.5 Å². The largest absolute Gasteiger partial charge is 0.388 e. The number of hydrogen-bond donors (Lipinski definition) is 2. The Morgan fingerprint density at radius 2 is 2.29 bits per heavy atom. The van der Waals surface area contributed by atoms with Crippen molar-refractivity contribution >= 4 is 10.9 Å². The van der Waals surface area contributed by atoms with Gasteiger partial charge in [-0.25, -0.2) is 0 Å². The SMILES string of the molecule is CC1CCCC(CN)(C(O)c2ccc3ncccc3c2)C1. The molecule has 1 heterocycles. The first-order valence-corrected chi connectivity index (χ1v) is 7.87. The van der Waals surface area contributed by atoms with Gasteiger partial charge in [-0.05, 0) is 42.5 Å². The number of nitrogens with zero attached hydrogens (tertiary/aromatic N) is 1. The zero-order chi connectivity index (χ0) is 14.9. The molecule has 3 heteroatoms. The number of rotatable bonds is 3. The second-order valence-electron chi connectivity index (χ2n) is 6.63. The number of aliphatic hydroxyl groups excluding tert-OH is 1. The third kappa shape index (κ3) is 2.68. The number of hydrogen-bond acceptors (Lipinski definition) is 3. The molecular weight excluding hydrogens is 260 g/mol. The van der Waals surface area contributed by atoms with E-state index >= 15 is 0 Å². The molecule has 1 fully saturated rings. The Balaban J connectivity index is 1.96. The van der Waals surface area contributed by atoms with Gasteiger partial charge in [-0.15, -0.1) is 0 Å². The number of fused-ring (bicyclic) bond motifs is 1. The van der Waals surface area contributed by atoms with Gasteiger partial charge in [0.05, 0.1) is 11.6 Å². The molecule has 1 aromatic carbocycles. The molecule has 3 rings (SSSR count). The smallest absolute Gasteiger partial charge is 0.0858 e. The Bertz CT molecular complexity index is 627. The van der Waals surface area contributed by atoms with Crippen molar-refractivity contribution in [3.05, 3.63) is 42.1 Å². The lowest BCUT2D eigenvalue weighted by Crippen LogP contribution is -2.40. The lowest BCUT2D eigenvalue weighted by molar-refractivity contribution is -0.0130. The first-order valence-electron chi connectivity index (χ1n) is 7.87. The molecule has 3 unspecified atom stereocenters. The van der Waals surface area contributed by atoms with Crippen molar-refractivity contribution in [1.29, 1.82) is 0 Å². The van der Waals surface area contributed by atoms with Crippen molar-refractivity contribution in [2.24, 2.45) is 17.1 Å². The van der Waals surface area contributed by atoms with Crippen molar-refractivity contribution in [2.75, 3.05) is 6.54 Å². The van der Waals surface area contributed by atoms with E-state index in [0.717, 1.165) is 35.7 Å². The summed E-state index contributed by atoms with van der Waals surface area (Å²) in [5, 5.41) is 12.0. The zero-order valence-corrected chi connectivity index (χ0v) is 12.6. The van der Waals surface area contributed by atoms with E-state index in [1.165, 1.54) is 6.42 Å². The van der Waals surface area contributed by atoms with Crippen LogP contribution < -0.4 is 5.73 Å². The summed E-state index contributed by atoms with van der Waals surface area (Å²) in [6, 6.07) is 10.0. The van der Waals surface area contributed by atoms with Crippen LogP contribution >= 0.6 is 0 Å². The summed E-state index contributed by atoms with van der Waals surface area (Å²) in [7, 11) is 0. The normalized spacial score (nSPS) is 27.7. The van der Waals surface area contributed by atoms with E-state index in [1.807, 2.05) is 24.3 Å². The van der Waals surface area contributed by atoms with Crippen LogP contribution in [0.2, 0.25) is 0 Å². The van der Waals surface area contributed by atoms with Crippen LogP contribution in [-0.2, 0) is 0 Å². The van der Waals surface area contributed by atoms with Crippen LogP contribution in [0.1, 0.15) is 44.3 Å². The Kier molecular flexibility index (Phi) is 3.96. The third-order valence-corrected chi connectivity index (χ3v) is 5.06. The van der Waals surface area contributed by atoms with Gasteiger partial charge in [0.25, 0.3) is 0 Å². The fourth-order valence-corrected chi connectivity index (χ4v) is 3.86. The maximum Gasteiger partial charge on any atom is 0.0858 e. The average molecular weight is 284 g/mol. The van der Waals surface area contributed by atoms with Crippen LogP contribution in [0.3, 0.4) is 0 Å². The van der Waals surface area contributed by atoms with E-state index in [9.17, 15) is 5.11 Å². The van der Waals surface area contributed by atoms with Crippen molar-refractivity contribution in [2.45, 2.75) is 38.7 Å². The minimum Gasteiger partial charge on any atom is -0.388 e. The van der Waals surface area contributed by atoms with Crippen molar-refractivity contribution in [3.8, 4) is 0 Å². The van der Waals surface area contributed by atoms with Crippen LogP contribution in [0.25, 0.3) is 10.9 Å². The molecule has 3 atom stereocenters. The van der Waals surface area contributed by atoms with E-state index in [0.29, 0.717) is 12.5 Å². The highest BCUT2D eigenvalue weighted by Crippen LogP contribution is 2.47. The van der Waals surface area contributed by atoms with Gasteiger partial charge in [-0.2, -0.15) is 0 Å². The topological polar surface area (TPSA) is 59.1 Å². The summed E-state index contributed by atoms with van der Waals surface area (Å²) in [5.74, 6) is 0.638. The van der Waals surface area contributed by atoms with Gasteiger partial charge >= 0.3 is 0 Å². The Morgan fingerprint density at radius 3 is 3.05 bits per heavy atom. The molecule has 112 valence electrons. The molecule has 0 aliphatic heterocycles. The molecular formula is C18H24N2O. The van der Waals surface area contributed by atoms with Gasteiger partial charge in [-0.3, -0.25) is 4.98 Å². The van der Waals surface area contributed by atoms with Crippen molar-refractivity contribution in [3.63, 3.8) is 0 Å². The van der Waals surface area contributed by atoms with E-state index in [2.05, 4.69) is 18.0 Å². The summed E-state index contributed by atoms with van der Waals surface area (Å²) in [6.07, 6.45) is 5.73. The van der Waals surface area contributed by atoms with Crippen molar-refractivity contribution < 1.29 is 5.11 Å². The standard InChI is InChI=1S/C18H24N2O/c1-13-4-2-8-18(11-13,12-19)17(21)15-6-7-16-14(10-15)5-3-9-20-16/h3,5-7,9-10,13,17,21H,2,4,8,11-12,19H2,1H3. The van der Waals surface area contributed by atoms with Crippen LogP contribution in [0.5, 0.6) is 0 Å². The predicted molar refractivity (Wildman–Crippen MR) is 85.8 cm³/mol. The van der Waals surface area contributed by atoms with Crippen LogP contribution in [0.4, 0.5) is 0 Å². The molecule has 1 aliphatic carbocycles. The molecule has 0 saturated heterocycles. The average Bonchev–Trinajstić information content (AvgIpc) is 2.53. The number of nitrogens with two attached hydrogens (primary N) is 1. The van der Waals surface area contributed by atoms with Gasteiger partial charge in [0.2, 0.25) is 0 Å². The molecule has 0 bridgehead atoms. The Hall–Kier alpha value is -1.45. The Morgan fingerprint density at radius 1 is 1.43 bits per heavy atom. The van der Waals surface area contributed by atoms with E-state index in [1.54, 1.807) is 6.20 Å². The summed E-state index contributed by atoms with van der Waals surface area (Å²) in [4.78, 5) is 4.34. The maximum atomic E-state index is 11.0. The van der Waals surface area contributed by atoms with Gasteiger partial charge in [0.15, 0.2) is 0 Å². The molecule has 0 amide bonds. The summed E-state index contributed by atoms with van der Waals surface area (Å²) in [5.41, 5.74) is 7.84. The molecule has 1 aliphatic rings. The molecule has 0 spiro atoms. The quantitative estimate of drug-likeness (QED) is 0.908. The number of pyridine rings is 1. The lowest BCUT2D eigenvalue weighted by atomic mass is 9.65. The van der Waals surface area contributed by atoms with Gasteiger partial charge in [-0.1, -0.05) is 31.9 Å². The lowest BCUT2D eigenvalue weighted by Gasteiger charge is -2.43. The molecule has 21 heavy (non-hydrogen) atoms. The molecule has 1 aromatic heterocycles. The fraction of sp³-hybridized carbons (Fsp3) is 0.500. The van der Waals surface area contributed by atoms with E-state index in [-0.39, 0.29) is 5.41 Å². The van der Waals surface area contributed by atoms with Crippen molar-refractivity contribution in [1.82, 2.24) is 4.98 Å². The third-order valence-electron chi connectivity index (χ3n) is 5.06. The highest BCUT2D eigenvalue weighted by molar-refractivity contribution is 5.79. The van der Waals surface area contributed by atoms with Crippen LogP contribution in [0, 0.1) is 11.3 Å². The minimum atomic E-state index is -0.491. The second kappa shape index (κ2) is 5.74. The molecule has 3 nitrogen and oxygen atoms in total. The highest BCUT2D eigenvalue weighted by atomic mass is 16.3. The highest BCUT2D eigenvalue weighted by Gasteiger charge is 2.40. The monoisotopic (exact) mass is 284 g/mol. The van der Waals surface area contributed by atoms with Crippen LogP contribution in [0.15, 0.2) is 36.5 Å². The molecule has 3 N–H and O–H groups in total. The van der Waals surface area contributed by atoms with E-state index in [4.69, 9.17) is 5.73 Å². The predicted octanol–water partition coefficient (Wildman–Crippen LogP) is 3.42. The number of aliphatic hydroxyl groups is 1. The molecule has 2 aromatic rings. The van der Waals surface area contributed by atoms with Crippen LogP contribution in [-0.4, -0.2) is 16.6 Å². The summed E-state index contributed by atoms with van der Waals surface area (Å²) in [6.45, 7) is 2.81. The number of benzene rings is 1. The van der Waals surface area contributed by atoms with E-state index < -0.39 is 6.10 Å². The van der Waals surface area contributed by atoms with Gasteiger partial charge in [0.1, 0.15) is 0 Å². The van der Waals surface area contributed by atoms with Gasteiger partial charge < -0.3 is 10.8 Å². The summed E-state index contributed by atoms with van der Waals surface area (Å²) >= 11 is 0. The maximum absolute atomic E-state index is 11.0. The zero-order valence-electron chi connectivity index (χ0n) is 12.6. The fourth-order valence-electron chi connectivity index (χ4n) is 3.86.